The summed E-state index contributed by atoms with van der Waals surface area (Å²) in [6, 6.07) is 1.96. The molecule has 0 saturated heterocycles. The number of hydrogen-bond acceptors (Lipinski definition) is 7. The van der Waals surface area contributed by atoms with E-state index in [0.29, 0.717) is 23.3 Å². The molecule has 0 unspecified atom stereocenters. The molecule has 29 heavy (non-hydrogen) atoms. The van der Waals surface area contributed by atoms with E-state index in [0.717, 1.165) is 46.6 Å². The van der Waals surface area contributed by atoms with Crippen LogP contribution in [0, 0.1) is 13.8 Å². The lowest BCUT2D eigenvalue weighted by atomic mass is 9.97. The highest BCUT2D eigenvalue weighted by molar-refractivity contribution is 7.99. The van der Waals surface area contributed by atoms with Crippen LogP contribution in [-0.2, 0) is 24.1 Å². The Morgan fingerprint density at radius 1 is 1.31 bits per heavy atom. The second kappa shape index (κ2) is 8.45. The number of aromatic nitrogens is 3. The van der Waals surface area contributed by atoms with Gasteiger partial charge in [0.05, 0.1) is 17.7 Å². The van der Waals surface area contributed by atoms with E-state index in [1.807, 2.05) is 19.9 Å². The Morgan fingerprint density at radius 2 is 2.10 bits per heavy atom. The molecule has 0 aliphatic heterocycles. The highest BCUT2D eigenvalue weighted by Crippen LogP contribution is 2.38. The number of thioether (sulfide) groups is 1. The summed E-state index contributed by atoms with van der Waals surface area (Å²) in [6.45, 7) is 5.37. The zero-order chi connectivity index (χ0) is 20.5. The van der Waals surface area contributed by atoms with Gasteiger partial charge in [-0.1, -0.05) is 11.8 Å². The molecule has 154 valence electrons. The number of methoxy groups -OCH3 is 1. The van der Waals surface area contributed by atoms with Crippen molar-refractivity contribution in [1.82, 2.24) is 14.5 Å². The van der Waals surface area contributed by atoms with Crippen LogP contribution >= 0.6 is 23.1 Å². The van der Waals surface area contributed by atoms with Crippen molar-refractivity contribution in [3.05, 3.63) is 33.5 Å². The van der Waals surface area contributed by atoms with Crippen LogP contribution in [-0.4, -0.2) is 39.8 Å². The lowest BCUT2D eigenvalue weighted by molar-refractivity contribution is 0.102. The predicted molar refractivity (Wildman–Crippen MR) is 119 cm³/mol. The van der Waals surface area contributed by atoms with Crippen LogP contribution in [0.5, 0.6) is 0 Å². The SMILES string of the molecule is COCCn1c(C)cc(C(=O)CSc2nc(N)c3c4c(sc3n2)CCCC4)c1C. The molecule has 8 heteroatoms. The van der Waals surface area contributed by atoms with Gasteiger partial charge in [0, 0.05) is 35.5 Å². The Kier molecular flexibility index (Phi) is 5.94. The Hall–Kier alpha value is -1.90. The maximum Gasteiger partial charge on any atom is 0.191 e. The molecular weight excluding hydrogens is 404 g/mol. The van der Waals surface area contributed by atoms with Crippen LogP contribution in [0.15, 0.2) is 11.2 Å². The standard InChI is InChI=1S/C21H26N4O2S2/c1-12-10-15(13(2)25(12)8-9-27-3)16(26)11-28-21-23-19(22)18-14-6-4-5-7-17(14)29-20(18)24-21/h10H,4-9,11H2,1-3H3,(H2,22,23,24). The number of nitrogens with two attached hydrogens (primary N) is 1. The van der Waals surface area contributed by atoms with E-state index in [1.54, 1.807) is 18.4 Å². The molecule has 2 N–H and O–H groups in total. The molecule has 3 aromatic rings. The summed E-state index contributed by atoms with van der Waals surface area (Å²) in [5.74, 6) is 0.923. The molecule has 0 atom stereocenters. The summed E-state index contributed by atoms with van der Waals surface area (Å²) >= 11 is 3.09. The first kappa shape index (κ1) is 20.4. The minimum absolute atomic E-state index is 0.0829. The molecule has 0 spiro atoms. The Morgan fingerprint density at radius 3 is 2.90 bits per heavy atom. The molecule has 1 aliphatic carbocycles. The summed E-state index contributed by atoms with van der Waals surface area (Å²) in [5, 5.41) is 1.61. The summed E-state index contributed by atoms with van der Waals surface area (Å²) in [5.41, 5.74) is 10.4. The number of rotatable bonds is 7. The molecule has 0 aromatic carbocycles. The number of ether oxygens (including phenoxy) is 1. The number of carbonyl (C=O) groups is 1. The second-order valence-electron chi connectivity index (χ2n) is 7.42. The molecule has 0 fully saturated rings. The van der Waals surface area contributed by atoms with E-state index in [-0.39, 0.29) is 5.78 Å². The van der Waals surface area contributed by atoms with Crippen LogP contribution in [0.1, 0.15) is 45.0 Å². The van der Waals surface area contributed by atoms with Crippen LogP contribution in [0.3, 0.4) is 0 Å². The maximum absolute atomic E-state index is 12.8. The van der Waals surface area contributed by atoms with Gasteiger partial charge in [-0.05, 0) is 51.2 Å². The molecule has 3 heterocycles. The molecular formula is C21H26N4O2S2. The number of nitrogen functional groups attached to an aromatic ring is 1. The third-order valence-electron chi connectivity index (χ3n) is 5.55. The molecule has 1 aliphatic rings. The zero-order valence-electron chi connectivity index (χ0n) is 17.1. The monoisotopic (exact) mass is 430 g/mol. The molecule has 6 nitrogen and oxygen atoms in total. The number of ketones is 1. The van der Waals surface area contributed by atoms with Crippen molar-refractivity contribution in [2.24, 2.45) is 0 Å². The van der Waals surface area contributed by atoms with Gasteiger partial charge in [-0.3, -0.25) is 4.79 Å². The first-order valence-electron chi connectivity index (χ1n) is 9.89. The zero-order valence-corrected chi connectivity index (χ0v) is 18.7. The molecule has 0 radical (unpaired) electrons. The van der Waals surface area contributed by atoms with Crippen molar-refractivity contribution < 1.29 is 9.53 Å². The van der Waals surface area contributed by atoms with Gasteiger partial charge in [0.15, 0.2) is 10.9 Å². The number of nitrogens with zero attached hydrogens (tertiary/aromatic N) is 3. The fourth-order valence-electron chi connectivity index (χ4n) is 4.05. The van der Waals surface area contributed by atoms with Crippen LogP contribution in [0.4, 0.5) is 5.82 Å². The van der Waals surface area contributed by atoms with Gasteiger partial charge < -0.3 is 15.0 Å². The van der Waals surface area contributed by atoms with Gasteiger partial charge in [0.1, 0.15) is 10.6 Å². The Bertz CT molecular complexity index is 1070. The normalized spacial score (nSPS) is 13.8. The van der Waals surface area contributed by atoms with Crippen molar-refractivity contribution in [3.8, 4) is 0 Å². The van der Waals surface area contributed by atoms with Crippen LogP contribution in [0.25, 0.3) is 10.2 Å². The molecule has 4 rings (SSSR count). The highest BCUT2D eigenvalue weighted by Gasteiger charge is 2.21. The van der Waals surface area contributed by atoms with E-state index in [9.17, 15) is 4.79 Å². The minimum Gasteiger partial charge on any atom is -0.383 e. The third-order valence-corrected chi connectivity index (χ3v) is 7.58. The number of carbonyl (C=O) groups excluding carboxylic acids is 1. The summed E-state index contributed by atoms with van der Waals surface area (Å²) in [6.07, 6.45) is 4.60. The molecule has 0 saturated carbocycles. The lowest BCUT2D eigenvalue weighted by Crippen LogP contribution is -2.10. The maximum atomic E-state index is 12.8. The first-order valence-corrected chi connectivity index (χ1v) is 11.7. The third kappa shape index (κ3) is 3.93. The minimum atomic E-state index is 0.0829. The summed E-state index contributed by atoms with van der Waals surface area (Å²) < 4.78 is 7.29. The van der Waals surface area contributed by atoms with E-state index < -0.39 is 0 Å². The average Bonchev–Trinajstić information content (AvgIpc) is 3.22. The number of fused-ring (bicyclic) bond motifs is 3. The molecule has 0 amide bonds. The van der Waals surface area contributed by atoms with Crippen molar-refractivity contribution in [1.29, 1.82) is 0 Å². The van der Waals surface area contributed by atoms with E-state index in [1.165, 1.54) is 35.0 Å². The number of aryl methyl sites for hydroxylation is 3. The van der Waals surface area contributed by atoms with Crippen LogP contribution < -0.4 is 5.73 Å². The van der Waals surface area contributed by atoms with Gasteiger partial charge in [-0.25, -0.2) is 9.97 Å². The fourth-order valence-corrected chi connectivity index (χ4v) is 6.11. The number of hydrogen-bond donors (Lipinski definition) is 1. The van der Waals surface area contributed by atoms with Gasteiger partial charge >= 0.3 is 0 Å². The summed E-state index contributed by atoms with van der Waals surface area (Å²) in [7, 11) is 1.68. The number of Topliss-reactive ketones (excluding diaryl/α,β-unsaturated/α-hetero) is 1. The first-order chi connectivity index (χ1) is 14.0. The van der Waals surface area contributed by atoms with Crippen molar-refractivity contribution in [3.63, 3.8) is 0 Å². The van der Waals surface area contributed by atoms with Crippen LogP contribution in [0.2, 0.25) is 0 Å². The Balaban J connectivity index is 1.52. The van der Waals surface area contributed by atoms with Crippen molar-refractivity contribution in [2.45, 2.75) is 51.2 Å². The quantitative estimate of drug-likeness (QED) is 0.344. The van der Waals surface area contributed by atoms with Crippen molar-refractivity contribution in [2.75, 3.05) is 25.2 Å². The van der Waals surface area contributed by atoms with Gasteiger partial charge in [0.2, 0.25) is 0 Å². The predicted octanol–water partition coefficient (Wildman–Crippen LogP) is 4.19. The van der Waals surface area contributed by atoms with Gasteiger partial charge in [0.25, 0.3) is 0 Å². The van der Waals surface area contributed by atoms with E-state index >= 15 is 0 Å². The topological polar surface area (TPSA) is 83.0 Å². The van der Waals surface area contributed by atoms with Crippen molar-refractivity contribution >= 4 is 44.9 Å². The van der Waals surface area contributed by atoms with E-state index in [4.69, 9.17) is 15.5 Å². The van der Waals surface area contributed by atoms with Gasteiger partial charge in [-0.2, -0.15) is 0 Å². The molecule has 0 bridgehead atoms. The number of anilines is 1. The second-order valence-corrected chi connectivity index (χ2v) is 9.45. The van der Waals surface area contributed by atoms with Gasteiger partial charge in [-0.15, -0.1) is 11.3 Å². The number of thiophene rings is 1. The van der Waals surface area contributed by atoms with E-state index in [2.05, 4.69) is 9.55 Å². The largest absolute Gasteiger partial charge is 0.383 e. The smallest absolute Gasteiger partial charge is 0.191 e. The Labute approximate surface area is 178 Å². The average molecular weight is 431 g/mol. The summed E-state index contributed by atoms with van der Waals surface area (Å²) in [4.78, 5) is 24.4. The fraction of sp³-hybridized carbons (Fsp3) is 0.476. The molecule has 3 aromatic heterocycles. The lowest BCUT2D eigenvalue weighted by Gasteiger charge is -2.10. The highest BCUT2D eigenvalue weighted by atomic mass is 32.2.